The summed E-state index contributed by atoms with van der Waals surface area (Å²) in [6, 6.07) is 12.6. The van der Waals surface area contributed by atoms with Crippen LogP contribution in [0.1, 0.15) is 24.2 Å². The maximum atomic E-state index is 12.4. The number of rotatable bonds is 6. The number of ether oxygens (including phenoxy) is 2. The van der Waals surface area contributed by atoms with Crippen molar-refractivity contribution >= 4 is 11.6 Å². The summed E-state index contributed by atoms with van der Waals surface area (Å²) in [5.74, 6) is 0.139. The minimum absolute atomic E-state index is 0.0352. The third kappa shape index (κ3) is 4.95. The van der Waals surface area contributed by atoms with Crippen LogP contribution in [0.15, 0.2) is 48.5 Å². The van der Waals surface area contributed by atoms with Crippen LogP contribution in [-0.4, -0.2) is 18.6 Å². The van der Waals surface area contributed by atoms with Gasteiger partial charge in [0.15, 0.2) is 0 Å². The largest absolute Gasteiger partial charge is 0.491 e. The molecule has 0 heterocycles. The second kappa shape index (κ2) is 7.58. The molecule has 2 aromatic rings. The van der Waals surface area contributed by atoms with E-state index in [9.17, 15) is 13.6 Å². The van der Waals surface area contributed by atoms with Crippen molar-refractivity contribution in [2.24, 2.45) is 0 Å². The molecular formula is C17H17F2NO3. The molecule has 0 fully saturated rings. The lowest BCUT2D eigenvalue weighted by Crippen LogP contribution is -2.14. The van der Waals surface area contributed by atoms with Crippen LogP contribution in [0, 0.1) is 0 Å². The van der Waals surface area contributed by atoms with Crippen LogP contribution in [-0.2, 0) is 0 Å². The summed E-state index contributed by atoms with van der Waals surface area (Å²) in [5.41, 5.74) is 0.563. The van der Waals surface area contributed by atoms with E-state index in [0.29, 0.717) is 11.3 Å². The number of para-hydroxylation sites is 2. The van der Waals surface area contributed by atoms with Crippen LogP contribution >= 0.6 is 0 Å². The summed E-state index contributed by atoms with van der Waals surface area (Å²) < 4.78 is 34.6. The van der Waals surface area contributed by atoms with Gasteiger partial charge < -0.3 is 14.8 Å². The predicted molar refractivity (Wildman–Crippen MR) is 83.2 cm³/mol. The molecule has 0 aromatic heterocycles. The predicted octanol–water partition coefficient (Wildman–Crippen LogP) is 4.33. The topological polar surface area (TPSA) is 47.6 Å². The van der Waals surface area contributed by atoms with Crippen LogP contribution in [0.25, 0.3) is 0 Å². The Bertz CT molecular complexity index is 657. The van der Waals surface area contributed by atoms with Gasteiger partial charge in [-0.2, -0.15) is 8.78 Å². The summed E-state index contributed by atoms with van der Waals surface area (Å²) in [4.78, 5) is 12.2. The molecule has 6 heteroatoms. The molecule has 4 nitrogen and oxygen atoms in total. The lowest BCUT2D eigenvalue weighted by atomic mass is 10.2. The van der Waals surface area contributed by atoms with Crippen molar-refractivity contribution in [1.82, 2.24) is 0 Å². The molecule has 23 heavy (non-hydrogen) atoms. The Hall–Kier alpha value is -2.63. The highest BCUT2D eigenvalue weighted by Crippen LogP contribution is 2.26. The van der Waals surface area contributed by atoms with Crippen molar-refractivity contribution in [2.45, 2.75) is 26.6 Å². The van der Waals surface area contributed by atoms with Crippen molar-refractivity contribution in [3.8, 4) is 11.5 Å². The highest BCUT2D eigenvalue weighted by molar-refractivity contribution is 6.05. The Labute approximate surface area is 133 Å². The summed E-state index contributed by atoms with van der Waals surface area (Å²) in [5, 5.41) is 2.55. The zero-order valence-electron chi connectivity index (χ0n) is 12.8. The molecule has 0 spiro atoms. The summed E-state index contributed by atoms with van der Waals surface area (Å²) in [7, 11) is 0. The third-order valence-electron chi connectivity index (χ3n) is 2.84. The zero-order chi connectivity index (χ0) is 16.8. The van der Waals surface area contributed by atoms with Gasteiger partial charge in [-0.15, -0.1) is 0 Å². The molecule has 0 saturated heterocycles. The van der Waals surface area contributed by atoms with Crippen LogP contribution in [0.2, 0.25) is 0 Å². The summed E-state index contributed by atoms with van der Waals surface area (Å²) in [6.45, 7) is 0.849. The number of amides is 1. The molecule has 1 N–H and O–H groups in total. The van der Waals surface area contributed by atoms with E-state index in [1.54, 1.807) is 36.4 Å². The quantitative estimate of drug-likeness (QED) is 0.861. The minimum Gasteiger partial charge on any atom is -0.491 e. The van der Waals surface area contributed by atoms with Crippen LogP contribution in [0.5, 0.6) is 11.5 Å². The fourth-order valence-electron chi connectivity index (χ4n) is 1.92. The van der Waals surface area contributed by atoms with Gasteiger partial charge in [0.25, 0.3) is 5.91 Å². The SMILES string of the molecule is CC(C)Oc1ccc(C(=O)Nc2ccccc2OC(F)F)cc1. The van der Waals surface area contributed by atoms with Crippen molar-refractivity contribution < 1.29 is 23.0 Å². The first kappa shape index (κ1) is 16.7. The number of benzene rings is 2. The van der Waals surface area contributed by atoms with E-state index in [4.69, 9.17) is 4.74 Å². The van der Waals surface area contributed by atoms with Gasteiger partial charge in [0.05, 0.1) is 11.8 Å². The van der Waals surface area contributed by atoms with Gasteiger partial charge in [-0.25, -0.2) is 0 Å². The Morgan fingerprint density at radius 2 is 1.65 bits per heavy atom. The standard InChI is InChI=1S/C17H17F2NO3/c1-11(2)22-13-9-7-12(8-10-13)16(21)20-14-5-3-4-6-15(14)23-17(18)19/h3-11,17H,1-2H3,(H,20,21). The molecule has 2 rings (SSSR count). The molecule has 0 radical (unpaired) electrons. The summed E-state index contributed by atoms with van der Waals surface area (Å²) in [6.07, 6.45) is 0.0352. The molecule has 2 aromatic carbocycles. The normalized spacial score (nSPS) is 10.7. The number of alkyl halides is 2. The molecule has 0 atom stereocenters. The van der Waals surface area contributed by atoms with E-state index in [1.807, 2.05) is 13.8 Å². The Balaban J connectivity index is 2.10. The number of anilines is 1. The van der Waals surface area contributed by atoms with Crippen LogP contribution < -0.4 is 14.8 Å². The van der Waals surface area contributed by atoms with E-state index in [0.717, 1.165) is 0 Å². The minimum atomic E-state index is -2.96. The molecule has 1 amide bonds. The second-order valence-electron chi connectivity index (χ2n) is 5.02. The van der Waals surface area contributed by atoms with Gasteiger partial charge in [-0.1, -0.05) is 12.1 Å². The Morgan fingerprint density at radius 1 is 1.00 bits per heavy atom. The number of hydrogen-bond acceptors (Lipinski definition) is 3. The lowest BCUT2D eigenvalue weighted by molar-refractivity contribution is -0.0493. The van der Waals surface area contributed by atoms with Crippen molar-refractivity contribution in [3.63, 3.8) is 0 Å². The number of carbonyl (C=O) groups excluding carboxylic acids is 1. The first-order valence-corrected chi connectivity index (χ1v) is 7.07. The van der Waals surface area contributed by atoms with E-state index >= 15 is 0 Å². The zero-order valence-corrected chi connectivity index (χ0v) is 12.8. The number of nitrogens with one attached hydrogen (secondary N) is 1. The lowest BCUT2D eigenvalue weighted by Gasteiger charge is -2.12. The van der Waals surface area contributed by atoms with E-state index < -0.39 is 12.5 Å². The highest BCUT2D eigenvalue weighted by atomic mass is 19.3. The molecule has 0 aliphatic heterocycles. The van der Waals surface area contributed by atoms with Crippen molar-refractivity contribution in [2.75, 3.05) is 5.32 Å². The smallest absolute Gasteiger partial charge is 0.387 e. The van der Waals surface area contributed by atoms with Gasteiger partial charge in [-0.05, 0) is 50.2 Å². The number of hydrogen-bond donors (Lipinski definition) is 1. The average Bonchev–Trinajstić information content (AvgIpc) is 2.49. The van der Waals surface area contributed by atoms with Crippen LogP contribution in [0.3, 0.4) is 0 Å². The molecule has 0 bridgehead atoms. The van der Waals surface area contributed by atoms with Gasteiger partial charge in [0, 0.05) is 5.56 Å². The molecular weight excluding hydrogens is 304 g/mol. The third-order valence-corrected chi connectivity index (χ3v) is 2.84. The average molecular weight is 321 g/mol. The van der Waals surface area contributed by atoms with Gasteiger partial charge in [0.1, 0.15) is 11.5 Å². The molecule has 0 saturated carbocycles. The first-order valence-electron chi connectivity index (χ1n) is 7.07. The number of carbonyl (C=O) groups is 1. The first-order chi connectivity index (χ1) is 11.0. The van der Waals surface area contributed by atoms with Crippen molar-refractivity contribution in [1.29, 1.82) is 0 Å². The highest BCUT2D eigenvalue weighted by Gasteiger charge is 2.13. The van der Waals surface area contributed by atoms with E-state index in [2.05, 4.69) is 10.1 Å². The molecule has 0 aliphatic carbocycles. The molecule has 0 aliphatic rings. The Morgan fingerprint density at radius 3 is 2.26 bits per heavy atom. The fraction of sp³-hybridized carbons (Fsp3) is 0.235. The number of halogens is 2. The van der Waals surface area contributed by atoms with Crippen molar-refractivity contribution in [3.05, 3.63) is 54.1 Å². The summed E-state index contributed by atoms with van der Waals surface area (Å²) >= 11 is 0. The Kier molecular flexibility index (Phi) is 5.51. The fourth-order valence-corrected chi connectivity index (χ4v) is 1.92. The second-order valence-corrected chi connectivity index (χ2v) is 5.02. The molecule has 0 unspecified atom stereocenters. The van der Waals surface area contributed by atoms with E-state index in [-0.39, 0.29) is 17.5 Å². The van der Waals surface area contributed by atoms with Gasteiger partial charge >= 0.3 is 6.61 Å². The maximum Gasteiger partial charge on any atom is 0.387 e. The van der Waals surface area contributed by atoms with E-state index in [1.165, 1.54) is 12.1 Å². The van der Waals surface area contributed by atoms with Crippen LogP contribution in [0.4, 0.5) is 14.5 Å². The molecule has 122 valence electrons. The van der Waals surface area contributed by atoms with Gasteiger partial charge in [-0.3, -0.25) is 4.79 Å². The van der Waals surface area contributed by atoms with Gasteiger partial charge in [0.2, 0.25) is 0 Å². The maximum absolute atomic E-state index is 12.4. The monoisotopic (exact) mass is 321 g/mol.